The third-order valence-electron chi connectivity index (χ3n) is 3.45. The zero-order valence-corrected chi connectivity index (χ0v) is 16.8. The Hall–Kier alpha value is -2.35. The van der Waals surface area contributed by atoms with Gasteiger partial charge in [-0.1, -0.05) is 29.8 Å². The van der Waals surface area contributed by atoms with Crippen molar-refractivity contribution in [2.45, 2.75) is 24.8 Å². The van der Waals surface area contributed by atoms with Gasteiger partial charge < -0.3 is 10.1 Å². The number of carbonyl (C=O) groups is 1. The Kier molecular flexibility index (Phi) is 7.01. The number of hydrogen-bond acceptors (Lipinski definition) is 4. The van der Waals surface area contributed by atoms with Gasteiger partial charge in [0.05, 0.1) is 17.7 Å². The molecule has 1 amide bonds. The molecule has 0 spiro atoms. The van der Waals surface area contributed by atoms with Crippen LogP contribution in [0, 0.1) is 0 Å². The van der Waals surface area contributed by atoms with Crippen molar-refractivity contribution in [3.63, 3.8) is 0 Å². The molecule has 0 fully saturated rings. The fourth-order valence-corrected chi connectivity index (χ4v) is 3.76. The molecule has 0 saturated carbocycles. The van der Waals surface area contributed by atoms with E-state index in [1.807, 2.05) is 6.07 Å². The highest BCUT2D eigenvalue weighted by Gasteiger charge is 2.18. The van der Waals surface area contributed by atoms with Crippen LogP contribution in [0.25, 0.3) is 6.08 Å². The standard InChI is InChI=1S/C19H21ClN2O4S/c1-13(2)22-27(24,25)15-9-10-18(26-3)17(12-15)21-19(23)11-8-14-6-4-5-7-16(14)20/h4-13,22H,1-3H3,(H,21,23)/b11-8+. The highest BCUT2D eigenvalue weighted by atomic mass is 35.5. The molecule has 0 heterocycles. The minimum absolute atomic E-state index is 0.0300. The van der Waals surface area contributed by atoms with E-state index in [2.05, 4.69) is 10.0 Å². The maximum Gasteiger partial charge on any atom is 0.248 e. The Morgan fingerprint density at radius 2 is 1.89 bits per heavy atom. The number of hydrogen-bond donors (Lipinski definition) is 2. The second-order valence-electron chi connectivity index (χ2n) is 5.98. The smallest absolute Gasteiger partial charge is 0.248 e. The van der Waals surface area contributed by atoms with Gasteiger partial charge >= 0.3 is 0 Å². The predicted octanol–water partition coefficient (Wildman–Crippen LogP) is 3.69. The minimum Gasteiger partial charge on any atom is -0.495 e. The third kappa shape index (κ3) is 5.82. The van der Waals surface area contributed by atoms with Crippen molar-refractivity contribution in [3.8, 4) is 5.75 Å². The number of amides is 1. The number of halogens is 1. The highest BCUT2D eigenvalue weighted by Crippen LogP contribution is 2.27. The first-order valence-electron chi connectivity index (χ1n) is 8.17. The van der Waals surface area contributed by atoms with Crippen molar-refractivity contribution < 1.29 is 17.9 Å². The number of rotatable bonds is 7. The lowest BCUT2D eigenvalue weighted by Crippen LogP contribution is -2.30. The molecule has 0 aliphatic rings. The summed E-state index contributed by atoms with van der Waals surface area (Å²) in [5, 5.41) is 3.15. The van der Waals surface area contributed by atoms with Gasteiger partial charge in [0.1, 0.15) is 5.75 Å². The molecule has 0 atom stereocenters. The zero-order chi connectivity index (χ0) is 20.0. The van der Waals surface area contributed by atoms with E-state index in [1.54, 1.807) is 38.1 Å². The molecule has 0 aliphatic carbocycles. The topological polar surface area (TPSA) is 84.5 Å². The summed E-state index contributed by atoms with van der Waals surface area (Å²) in [5.41, 5.74) is 0.941. The Labute approximate surface area is 164 Å². The molecule has 0 aliphatic heterocycles. The molecule has 144 valence electrons. The molecule has 2 N–H and O–H groups in total. The van der Waals surface area contributed by atoms with Crippen LogP contribution in [0.3, 0.4) is 0 Å². The summed E-state index contributed by atoms with van der Waals surface area (Å²) in [6.07, 6.45) is 2.89. The van der Waals surface area contributed by atoms with Gasteiger partial charge in [-0.3, -0.25) is 4.79 Å². The highest BCUT2D eigenvalue weighted by molar-refractivity contribution is 7.89. The van der Waals surface area contributed by atoms with Gasteiger partial charge in [-0.25, -0.2) is 13.1 Å². The van der Waals surface area contributed by atoms with Gasteiger partial charge in [-0.05, 0) is 49.8 Å². The maximum atomic E-state index is 12.3. The molecule has 6 nitrogen and oxygen atoms in total. The van der Waals surface area contributed by atoms with Crippen LogP contribution >= 0.6 is 11.6 Å². The Balaban J connectivity index is 2.25. The number of carbonyl (C=O) groups excluding carboxylic acids is 1. The first kappa shape index (κ1) is 21.0. The van der Waals surface area contributed by atoms with E-state index >= 15 is 0 Å². The average molecular weight is 409 g/mol. The van der Waals surface area contributed by atoms with Crippen LogP contribution in [-0.4, -0.2) is 27.5 Å². The number of benzene rings is 2. The molecule has 0 saturated heterocycles. The van der Waals surface area contributed by atoms with Crippen molar-refractivity contribution in [3.05, 3.63) is 59.1 Å². The predicted molar refractivity (Wildman–Crippen MR) is 108 cm³/mol. The lowest BCUT2D eigenvalue weighted by molar-refractivity contribution is -0.111. The van der Waals surface area contributed by atoms with E-state index in [0.29, 0.717) is 16.3 Å². The lowest BCUT2D eigenvalue weighted by Gasteiger charge is -2.13. The summed E-state index contributed by atoms with van der Waals surface area (Å²) < 4.78 is 32.4. The van der Waals surface area contributed by atoms with Gasteiger partial charge in [0, 0.05) is 17.1 Å². The molecule has 2 aromatic carbocycles. The van der Waals surface area contributed by atoms with Crippen LogP contribution in [-0.2, 0) is 14.8 Å². The number of ether oxygens (including phenoxy) is 1. The summed E-state index contributed by atoms with van der Waals surface area (Å²) in [7, 11) is -2.26. The largest absolute Gasteiger partial charge is 0.495 e. The quantitative estimate of drug-likeness (QED) is 0.684. The number of methoxy groups -OCH3 is 1. The van der Waals surface area contributed by atoms with Crippen LogP contribution in [0.1, 0.15) is 19.4 Å². The van der Waals surface area contributed by atoms with Crippen LogP contribution in [0.4, 0.5) is 5.69 Å². The molecular formula is C19H21ClN2O4S. The van der Waals surface area contributed by atoms with Gasteiger partial charge in [0.2, 0.25) is 15.9 Å². The normalized spacial score (nSPS) is 11.7. The monoisotopic (exact) mass is 408 g/mol. The van der Waals surface area contributed by atoms with Crippen molar-refractivity contribution >= 4 is 39.3 Å². The first-order valence-corrected chi connectivity index (χ1v) is 10.0. The van der Waals surface area contributed by atoms with E-state index in [4.69, 9.17) is 16.3 Å². The van der Waals surface area contributed by atoms with Crippen molar-refractivity contribution in [1.29, 1.82) is 0 Å². The second-order valence-corrected chi connectivity index (χ2v) is 8.10. The van der Waals surface area contributed by atoms with Gasteiger partial charge in [0.25, 0.3) is 0 Å². The van der Waals surface area contributed by atoms with E-state index in [9.17, 15) is 13.2 Å². The second kappa shape index (κ2) is 9.03. The molecule has 2 aromatic rings. The number of nitrogens with one attached hydrogen (secondary N) is 2. The molecule has 0 unspecified atom stereocenters. The summed E-state index contributed by atoms with van der Waals surface area (Å²) >= 11 is 6.05. The van der Waals surface area contributed by atoms with E-state index in [0.717, 1.165) is 0 Å². The van der Waals surface area contributed by atoms with Crippen molar-refractivity contribution in [2.75, 3.05) is 12.4 Å². The van der Waals surface area contributed by atoms with Gasteiger partial charge in [0.15, 0.2) is 0 Å². The minimum atomic E-state index is -3.70. The van der Waals surface area contributed by atoms with Crippen LogP contribution in [0.15, 0.2) is 53.4 Å². The molecular weight excluding hydrogens is 388 g/mol. The lowest BCUT2D eigenvalue weighted by atomic mass is 10.2. The van der Waals surface area contributed by atoms with Crippen LogP contribution in [0.5, 0.6) is 5.75 Å². The summed E-state index contributed by atoms with van der Waals surface area (Å²) in [5.74, 6) is -0.0995. The molecule has 2 rings (SSSR count). The fraction of sp³-hybridized carbons (Fsp3) is 0.211. The first-order chi connectivity index (χ1) is 12.7. The van der Waals surface area contributed by atoms with Gasteiger partial charge in [-0.2, -0.15) is 0 Å². The fourth-order valence-electron chi connectivity index (χ4n) is 2.28. The van der Waals surface area contributed by atoms with E-state index in [1.165, 1.54) is 31.4 Å². The van der Waals surface area contributed by atoms with Crippen LogP contribution in [0.2, 0.25) is 5.02 Å². The molecule has 0 bridgehead atoms. The number of anilines is 1. The summed E-state index contributed by atoms with van der Waals surface area (Å²) in [6.45, 7) is 3.45. The number of sulfonamides is 1. The Bertz CT molecular complexity index is 956. The SMILES string of the molecule is COc1ccc(S(=O)(=O)NC(C)C)cc1NC(=O)/C=C/c1ccccc1Cl. The van der Waals surface area contributed by atoms with E-state index < -0.39 is 15.9 Å². The molecule has 27 heavy (non-hydrogen) atoms. The Morgan fingerprint density at radius 3 is 2.52 bits per heavy atom. The maximum absolute atomic E-state index is 12.3. The Morgan fingerprint density at radius 1 is 1.19 bits per heavy atom. The third-order valence-corrected chi connectivity index (χ3v) is 5.45. The van der Waals surface area contributed by atoms with Crippen LogP contribution < -0.4 is 14.8 Å². The molecule has 8 heteroatoms. The summed E-state index contributed by atoms with van der Waals surface area (Å²) in [6, 6.07) is 11.1. The van der Waals surface area contributed by atoms with E-state index in [-0.39, 0.29) is 16.6 Å². The average Bonchev–Trinajstić information content (AvgIpc) is 2.60. The van der Waals surface area contributed by atoms with Crippen molar-refractivity contribution in [1.82, 2.24) is 4.72 Å². The zero-order valence-electron chi connectivity index (χ0n) is 15.2. The van der Waals surface area contributed by atoms with Gasteiger partial charge in [-0.15, -0.1) is 0 Å². The molecule has 0 radical (unpaired) electrons. The van der Waals surface area contributed by atoms with Crippen molar-refractivity contribution in [2.24, 2.45) is 0 Å². The summed E-state index contributed by atoms with van der Waals surface area (Å²) in [4.78, 5) is 12.3. The molecule has 0 aromatic heterocycles.